The molecule has 2 aromatic carbocycles. The summed E-state index contributed by atoms with van der Waals surface area (Å²) in [4.78, 5) is 28.1. The summed E-state index contributed by atoms with van der Waals surface area (Å²) in [5, 5.41) is 6.21. The van der Waals surface area contributed by atoms with Crippen LogP contribution in [0.25, 0.3) is 10.2 Å². The molecular formula is C18H17N3O2S. The fourth-order valence-electron chi connectivity index (χ4n) is 2.25. The Hall–Kier alpha value is -2.73. The van der Waals surface area contributed by atoms with Crippen molar-refractivity contribution < 1.29 is 9.59 Å². The van der Waals surface area contributed by atoms with Crippen LogP contribution >= 0.6 is 11.3 Å². The molecule has 5 nitrogen and oxygen atoms in total. The van der Waals surface area contributed by atoms with Gasteiger partial charge in [0.05, 0.1) is 10.2 Å². The first kappa shape index (κ1) is 16.1. The number of aromatic nitrogens is 1. The highest BCUT2D eigenvalue weighted by Gasteiger charge is 2.10. The zero-order valence-corrected chi connectivity index (χ0v) is 14.2. The second kappa shape index (κ2) is 6.80. The van der Waals surface area contributed by atoms with Crippen molar-refractivity contribution in [3.63, 3.8) is 0 Å². The Bertz CT molecular complexity index is 918. The molecule has 0 aliphatic carbocycles. The molecule has 3 rings (SSSR count). The Morgan fingerprint density at radius 3 is 2.71 bits per heavy atom. The van der Waals surface area contributed by atoms with Crippen molar-refractivity contribution >= 4 is 44.2 Å². The monoisotopic (exact) mass is 339 g/mol. The Balaban J connectivity index is 1.80. The molecule has 0 radical (unpaired) electrons. The van der Waals surface area contributed by atoms with Gasteiger partial charge in [-0.15, -0.1) is 0 Å². The maximum atomic E-state index is 12.3. The Kier molecular flexibility index (Phi) is 4.57. The lowest BCUT2D eigenvalue weighted by Crippen LogP contribution is -2.11. The van der Waals surface area contributed by atoms with Crippen LogP contribution in [0.4, 0.5) is 10.8 Å². The molecule has 122 valence electrons. The summed E-state index contributed by atoms with van der Waals surface area (Å²) in [5.74, 6) is -0.218. The molecule has 0 fully saturated rings. The average Bonchev–Trinajstić information content (AvgIpc) is 2.96. The van der Waals surface area contributed by atoms with Gasteiger partial charge in [0.1, 0.15) is 0 Å². The lowest BCUT2D eigenvalue weighted by Gasteiger charge is -2.05. The molecule has 6 heteroatoms. The number of carbonyl (C=O) groups is 2. The Morgan fingerprint density at radius 1 is 1.12 bits per heavy atom. The van der Waals surface area contributed by atoms with Gasteiger partial charge in [-0.05, 0) is 37.3 Å². The Labute approximate surface area is 143 Å². The first-order valence-corrected chi connectivity index (χ1v) is 8.45. The maximum absolute atomic E-state index is 12.3. The van der Waals surface area contributed by atoms with Gasteiger partial charge in [0.15, 0.2) is 5.13 Å². The van der Waals surface area contributed by atoms with Gasteiger partial charge in [0.2, 0.25) is 5.91 Å². The highest BCUT2D eigenvalue weighted by Crippen LogP contribution is 2.28. The zero-order chi connectivity index (χ0) is 17.1. The minimum Gasteiger partial charge on any atom is -0.322 e. The van der Waals surface area contributed by atoms with Crippen LogP contribution in [-0.4, -0.2) is 16.8 Å². The van der Waals surface area contributed by atoms with Gasteiger partial charge in [-0.2, -0.15) is 0 Å². The molecule has 0 aliphatic rings. The fourth-order valence-corrected chi connectivity index (χ4v) is 3.17. The second-order valence-electron chi connectivity index (χ2n) is 5.43. The maximum Gasteiger partial charge on any atom is 0.255 e. The number of thiazole rings is 1. The van der Waals surface area contributed by atoms with Gasteiger partial charge in [-0.3, -0.25) is 9.59 Å². The summed E-state index contributed by atoms with van der Waals surface area (Å²) in [7, 11) is 0. The van der Waals surface area contributed by atoms with Crippen LogP contribution < -0.4 is 10.6 Å². The smallest absolute Gasteiger partial charge is 0.255 e. The van der Waals surface area contributed by atoms with Crippen molar-refractivity contribution in [1.82, 2.24) is 4.98 Å². The molecule has 2 amide bonds. The average molecular weight is 339 g/mol. The molecule has 0 bridgehead atoms. The van der Waals surface area contributed by atoms with E-state index in [1.807, 2.05) is 37.3 Å². The number of hydrogen-bond acceptors (Lipinski definition) is 4. The first-order valence-electron chi connectivity index (χ1n) is 7.63. The number of nitrogens with one attached hydrogen (secondary N) is 2. The molecule has 0 spiro atoms. The molecule has 0 saturated heterocycles. The minimum atomic E-state index is -0.151. The number of anilines is 2. The van der Waals surface area contributed by atoms with Gasteiger partial charge in [0.25, 0.3) is 5.91 Å². The van der Waals surface area contributed by atoms with E-state index in [1.54, 1.807) is 19.1 Å². The normalized spacial score (nSPS) is 10.6. The van der Waals surface area contributed by atoms with E-state index < -0.39 is 0 Å². The summed E-state index contributed by atoms with van der Waals surface area (Å²) < 4.78 is 0.906. The topological polar surface area (TPSA) is 71.1 Å². The van der Waals surface area contributed by atoms with Crippen molar-refractivity contribution in [2.24, 2.45) is 0 Å². The quantitative estimate of drug-likeness (QED) is 0.748. The van der Waals surface area contributed by atoms with Gasteiger partial charge < -0.3 is 10.6 Å². The van der Waals surface area contributed by atoms with Gasteiger partial charge >= 0.3 is 0 Å². The highest BCUT2D eigenvalue weighted by atomic mass is 32.1. The SMILES string of the molecule is CCC(=O)Nc1nc2ccc(NC(=O)c3cccc(C)c3)cc2s1. The zero-order valence-electron chi connectivity index (χ0n) is 13.4. The minimum absolute atomic E-state index is 0.0676. The number of benzene rings is 2. The van der Waals surface area contributed by atoms with Crippen LogP contribution in [0.5, 0.6) is 0 Å². The number of hydrogen-bond donors (Lipinski definition) is 2. The molecule has 1 heterocycles. The Morgan fingerprint density at radius 2 is 1.96 bits per heavy atom. The summed E-state index contributed by atoms with van der Waals surface area (Å²) in [6.45, 7) is 3.74. The van der Waals surface area contributed by atoms with Crippen LogP contribution in [0.2, 0.25) is 0 Å². The van der Waals surface area contributed by atoms with Crippen LogP contribution in [0.3, 0.4) is 0 Å². The van der Waals surface area contributed by atoms with E-state index in [1.165, 1.54) is 11.3 Å². The predicted octanol–water partition coefficient (Wildman–Crippen LogP) is 4.21. The molecule has 0 saturated carbocycles. The first-order chi connectivity index (χ1) is 11.5. The van der Waals surface area contributed by atoms with Crippen molar-refractivity contribution in [2.45, 2.75) is 20.3 Å². The third-order valence-electron chi connectivity index (χ3n) is 3.49. The second-order valence-corrected chi connectivity index (χ2v) is 6.46. The van der Waals surface area contributed by atoms with E-state index in [-0.39, 0.29) is 11.8 Å². The number of rotatable bonds is 4. The summed E-state index contributed by atoms with van der Waals surface area (Å²) >= 11 is 1.39. The van der Waals surface area contributed by atoms with Crippen molar-refractivity contribution in [3.8, 4) is 0 Å². The van der Waals surface area contributed by atoms with E-state index in [9.17, 15) is 9.59 Å². The highest BCUT2D eigenvalue weighted by molar-refractivity contribution is 7.22. The summed E-state index contributed by atoms with van der Waals surface area (Å²) in [5.41, 5.74) is 3.15. The standard InChI is InChI=1S/C18H17N3O2S/c1-3-16(22)21-18-20-14-8-7-13(10-15(14)24-18)19-17(23)12-6-4-5-11(2)9-12/h4-10H,3H2,1-2H3,(H,19,23)(H,20,21,22). The van der Waals surface area contributed by atoms with E-state index in [0.29, 0.717) is 22.8 Å². The van der Waals surface area contributed by atoms with Crippen molar-refractivity contribution in [1.29, 1.82) is 0 Å². The molecule has 1 aromatic heterocycles. The molecular weight excluding hydrogens is 322 g/mol. The van der Waals surface area contributed by atoms with Gasteiger partial charge in [-0.1, -0.05) is 36.0 Å². The van der Waals surface area contributed by atoms with Crippen LogP contribution in [0, 0.1) is 6.92 Å². The largest absolute Gasteiger partial charge is 0.322 e. The van der Waals surface area contributed by atoms with Crippen LogP contribution in [0.1, 0.15) is 29.3 Å². The van der Waals surface area contributed by atoms with Gasteiger partial charge in [-0.25, -0.2) is 4.98 Å². The third kappa shape index (κ3) is 3.60. The number of aryl methyl sites for hydroxylation is 1. The number of nitrogens with zero attached hydrogens (tertiary/aromatic N) is 1. The van der Waals surface area contributed by atoms with Crippen LogP contribution in [0.15, 0.2) is 42.5 Å². The van der Waals surface area contributed by atoms with E-state index in [4.69, 9.17) is 0 Å². The van der Waals surface area contributed by atoms with E-state index >= 15 is 0 Å². The number of amides is 2. The summed E-state index contributed by atoms with van der Waals surface area (Å²) in [6.07, 6.45) is 0.410. The lowest BCUT2D eigenvalue weighted by atomic mass is 10.1. The molecule has 0 aliphatic heterocycles. The molecule has 24 heavy (non-hydrogen) atoms. The van der Waals surface area contributed by atoms with Crippen molar-refractivity contribution in [2.75, 3.05) is 10.6 Å². The lowest BCUT2D eigenvalue weighted by molar-refractivity contribution is -0.115. The fraction of sp³-hybridized carbons (Fsp3) is 0.167. The predicted molar refractivity (Wildman–Crippen MR) is 97.7 cm³/mol. The molecule has 2 N–H and O–H groups in total. The van der Waals surface area contributed by atoms with Gasteiger partial charge in [0, 0.05) is 17.7 Å². The molecule has 0 unspecified atom stereocenters. The van der Waals surface area contributed by atoms with Crippen LogP contribution in [-0.2, 0) is 4.79 Å². The van der Waals surface area contributed by atoms with Crippen molar-refractivity contribution in [3.05, 3.63) is 53.6 Å². The molecule has 0 atom stereocenters. The van der Waals surface area contributed by atoms with E-state index in [2.05, 4.69) is 15.6 Å². The summed E-state index contributed by atoms with van der Waals surface area (Å²) in [6, 6.07) is 12.9. The molecule has 3 aromatic rings. The number of fused-ring (bicyclic) bond motifs is 1. The van der Waals surface area contributed by atoms with E-state index in [0.717, 1.165) is 15.8 Å². The number of carbonyl (C=O) groups excluding carboxylic acids is 2. The third-order valence-corrected chi connectivity index (χ3v) is 4.43.